The first kappa shape index (κ1) is 21.8. The number of nitrogens with zero attached hydrogens (tertiary/aromatic N) is 2. The zero-order valence-corrected chi connectivity index (χ0v) is 17.0. The Kier molecular flexibility index (Phi) is 7.41. The summed E-state index contributed by atoms with van der Waals surface area (Å²) in [4.78, 5) is 39.4. The van der Waals surface area contributed by atoms with Crippen molar-refractivity contribution < 1.29 is 23.9 Å². The van der Waals surface area contributed by atoms with Gasteiger partial charge in [-0.25, -0.2) is 0 Å². The summed E-state index contributed by atoms with van der Waals surface area (Å²) >= 11 is 0. The van der Waals surface area contributed by atoms with Crippen molar-refractivity contribution in [2.75, 3.05) is 38.2 Å². The number of nitrogens with one attached hydrogen (secondary N) is 1. The van der Waals surface area contributed by atoms with E-state index >= 15 is 0 Å². The van der Waals surface area contributed by atoms with Gasteiger partial charge in [-0.1, -0.05) is 25.0 Å². The van der Waals surface area contributed by atoms with Crippen molar-refractivity contribution in [2.45, 2.75) is 38.5 Å². The maximum atomic E-state index is 12.8. The summed E-state index contributed by atoms with van der Waals surface area (Å²) < 4.78 is 10.6. The average molecular weight is 413 g/mol. The highest BCUT2D eigenvalue weighted by atomic mass is 16.5. The minimum absolute atomic E-state index is 0.0564. The SMILES string of the molecule is N#CCc1ccc(NC(=O)COC(=O)C2(CC(=O)N3CCOCC3)CCCC2)cc1. The molecule has 8 nitrogen and oxygen atoms in total. The van der Waals surface area contributed by atoms with Gasteiger partial charge in [0, 0.05) is 25.2 Å². The van der Waals surface area contributed by atoms with E-state index in [1.807, 2.05) is 0 Å². The van der Waals surface area contributed by atoms with E-state index in [0.29, 0.717) is 51.3 Å². The summed E-state index contributed by atoms with van der Waals surface area (Å²) in [5.41, 5.74) is 0.583. The molecule has 0 spiro atoms. The van der Waals surface area contributed by atoms with Crippen LogP contribution in [0, 0.1) is 16.7 Å². The normalized spacial score (nSPS) is 17.8. The van der Waals surface area contributed by atoms with Gasteiger partial charge >= 0.3 is 5.97 Å². The standard InChI is InChI=1S/C22H27N3O5/c23-10-7-17-3-5-18(6-4-17)24-19(26)16-30-21(28)22(8-1-2-9-22)15-20(27)25-11-13-29-14-12-25/h3-6H,1-2,7-9,11-16H2,(H,24,26). The molecule has 2 amide bonds. The summed E-state index contributed by atoms with van der Waals surface area (Å²) in [6.07, 6.45) is 3.36. The summed E-state index contributed by atoms with van der Waals surface area (Å²) in [6, 6.07) is 8.98. The molecule has 1 aromatic rings. The minimum atomic E-state index is -0.839. The number of morpholine rings is 1. The first-order valence-electron chi connectivity index (χ1n) is 10.3. The second-order valence-electron chi connectivity index (χ2n) is 7.81. The number of hydrogen-bond donors (Lipinski definition) is 1. The van der Waals surface area contributed by atoms with Gasteiger partial charge < -0.3 is 19.7 Å². The molecule has 1 aromatic carbocycles. The van der Waals surface area contributed by atoms with Crippen LogP contribution in [0.4, 0.5) is 5.69 Å². The van der Waals surface area contributed by atoms with E-state index in [1.54, 1.807) is 29.2 Å². The minimum Gasteiger partial charge on any atom is -0.455 e. The lowest BCUT2D eigenvalue weighted by Gasteiger charge is -2.31. The van der Waals surface area contributed by atoms with Crippen molar-refractivity contribution >= 4 is 23.5 Å². The molecule has 1 N–H and O–H groups in total. The molecule has 0 unspecified atom stereocenters. The van der Waals surface area contributed by atoms with Crippen molar-refractivity contribution in [1.82, 2.24) is 4.90 Å². The van der Waals surface area contributed by atoms with E-state index in [-0.39, 0.29) is 12.3 Å². The topological polar surface area (TPSA) is 109 Å². The van der Waals surface area contributed by atoms with Crippen LogP contribution in [-0.4, -0.2) is 55.6 Å². The van der Waals surface area contributed by atoms with Crippen LogP contribution in [0.15, 0.2) is 24.3 Å². The van der Waals surface area contributed by atoms with E-state index < -0.39 is 23.9 Å². The highest BCUT2D eigenvalue weighted by Gasteiger charge is 2.45. The first-order valence-corrected chi connectivity index (χ1v) is 10.3. The summed E-state index contributed by atoms with van der Waals surface area (Å²) in [5, 5.41) is 11.4. The van der Waals surface area contributed by atoms with Crippen molar-refractivity contribution in [3.63, 3.8) is 0 Å². The fourth-order valence-electron chi connectivity index (χ4n) is 4.00. The largest absolute Gasteiger partial charge is 0.455 e. The molecule has 1 aliphatic heterocycles. The van der Waals surface area contributed by atoms with Crippen LogP contribution in [0.2, 0.25) is 0 Å². The zero-order valence-electron chi connectivity index (χ0n) is 17.0. The van der Waals surface area contributed by atoms with Gasteiger partial charge in [0.05, 0.1) is 31.1 Å². The lowest BCUT2D eigenvalue weighted by atomic mass is 9.82. The van der Waals surface area contributed by atoms with Gasteiger partial charge in [-0.2, -0.15) is 5.26 Å². The van der Waals surface area contributed by atoms with Crippen LogP contribution in [-0.2, 0) is 30.3 Å². The number of rotatable bonds is 7. The third kappa shape index (κ3) is 5.57. The van der Waals surface area contributed by atoms with Crippen LogP contribution < -0.4 is 5.32 Å². The Morgan fingerprint density at radius 1 is 1.13 bits per heavy atom. The van der Waals surface area contributed by atoms with Gasteiger partial charge in [-0.3, -0.25) is 14.4 Å². The first-order chi connectivity index (χ1) is 14.5. The maximum absolute atomic E-state index is 12.8. The van der Waals surface area contributed by atoms with Crippen LogP contribution in [0.3, 0.4) is 0 Å². The molecule has 1 heterocycles. The van der Waals surface area contributed by atoms with Crippen molar-refractivity contribution in [3.8, 4) is 6.07 Å². The molecule has 0 radical (unpaired) electrons. The van der Waals surface area contributed by atoms with Crippen LogP contribution in [0.1, 0.15) is 37.7 Å². The molecule has 30 heavy (non-hydrogen) atoms. The van der Waals surface area contributed by atoms with E-state index in [9.17, 15) is 14.4 Å². The predicted octanol–water partition coefficient (Wildman–Crippen LogP) is 2.04. The molecule has 1 saturated heterocycles. The smallest absolute Gasteiger partial charge is 0.313 e. The molecule has 1 aliphatic carbocycles. The third-order valence-corrected chi connectivity index (χ3v) is 5.70. The molecule has 2 fully saturated rings. The monoisotopic (exact) mass is 413 g/mol. The third-order valence-electron chi connectivity index (χ3n) is 5.70. The molecule has 8 heteroatoms. The fraction of sp³-hybridized carbons (Fsp3) is 0.545. The Morgan fingerprint density at radius 2 is 1.80 bits per heavy atom. The quantitative estimate of drug-likeness (QED) is 0.685. The second kappa shape index (κ2) is 10.2. The van der Waals surface area contributed by atoms with Crippen LogP contribution in [0.25, 0.3) is 0 Å². The number of carbonyl (C=O) groups is 3. The lowest BCUT2D eigenvalue weighted by molar-refractivity contribution is -0.161. The lowest BCUT2D eigenvalue weighted by Crippen LogP contribution is -2.44. The molecule has 3 rings (SSSR count). The van der Waals surface area contributed by atoms with Crippen molar-refractivity contribution in [3.05, 3.63) is 29.8 Å². The molecule has 0 bridgehead atoms. The van der Waals surface area contributed by atoms with Gasteiger partial charge in [0.2, 0.25) is 5.91 Å². The number of carbonyl (C=O) groups excluding carboxylic acids is 3. The second-order valence-corrected chi connectivity index (χ2v) is 7.81. The molecular formula is C22H27N3O5. The number of benzene rings is 1. The maximum Gasteiger partial charge on any atom is 0.313 e. The Bertz CT molecular complexity index is 803. The van der Waals surface area contributed by atoms with Gasteiger partial charge in [-0.05, 0) is 30.5 Å². The van der Waals surface area contributed by atoms with E-state index in [4.69, 9.17) is 14.7 Å². The zero-order chi connectivity index (χ0) is 21.4. The van der Waals surface area contributed by atoms with Gasteiger partial charge in [-0.15, -0.1) is 0 Å². The average Bonchev–Trinajstić information content (AvgIpc) is 3.24. The molecule has 0 atom stereocenters. The Balaban J connectivity index is 1.52. The molecule has 2 aliphatic rings. The van der Waals surface area contributed by atoms with E-state index in [2.05, 4.69) is 11.4 Å². The number of hydrogen-bond acceptors (Lipinski definition) is 6. The predicted molar refractivity (Wildman–Crippen MR) is 108 cm³/mol. The number of nitriles is 1. The van der Waals surface area contributed by atoms with Crippen LogP contribution >= 0.6 is 0 Å². The molecular weight excluding hydrogens is 386 g/mol. The summed E-state index contributed by atoms with van der Waals surface area (Å²) in [7, 11) is 0. The van der Waals surface area contributed by atoms with Crippen molar-refractivity contribution in [1.29, 1.82) is 5.26 Å². The number of anilines is 1. The van der Waals surface area contributed by atoms with Gasteiger partial charge in [0.1, 0.15) is 0 Å². The highest BCUT2D eigenvalue weighted by molar-refractivity contribution is 5.93. The van der Waals surface area contributed by atoms with E-state index in [0.717, 1.165) is 18.4 Å². The molecule has 0 aromatic heterocycles. The number of amides is 2. The summed E-state index contributed by atoms with van der Waals surface area (Å²) in [5.74, 6) is -0.968. The number of ether oxygens (including phenoxy) is 2. The Hall–Kier alpha value is -2.92. The number of esters is 1. The van der Waals surface area contributed by atoms with Gasteiger partial charge in [0.15, 0.2) is 6.61 Å². The Labute approximate surface area is 176 Å². The van der Waals surface area contributed by atoms with Gasteiger partial charge in [0.25, 0.3) is 5.91 Å². The highest BCUT2D eigenvalue weighted by Crippen LogP contribution is 2.42. The van der Waals surface area contributed by atoms with Crippen molar-refractivity contribution in [2.24, 2.45) is 5.41 Å². The molecule has 160 valence electrons. The Morgan fingerprint density at radius 3 is 2.43 bits per heavy atom. The van der Waals surface area contributed by atoms with Crippen LogP contribution in [0.5, 0.6) is 0 Å². The summed E-state index contributed by atoms with van der Waals surface area (Å²) in [6.45, 7) is 1.72. The fourth-order valence-corrected chi connectivity index (χ4v) is 4.00. The molecule has 1 saturated carbocycles. The van der Waals surface area contributed by atoms with E-state index in [1.165, 1.54) is 0 Å².